The number of thioether (sulfide) groups is 1. The molecule has 0 N–H and O–H groups in total. The van der Waals surface area contributed by atoms with E-state index in [-0.39, 0.29) is 11.5 Å². The molecule has 0 saturated carbocycles. The van der Waals surface area contributed by atoms with Crippen LogP contribution in [0, 0.1) is 0 Å². The largest absolute Gasteiger partial charge is 0.416 e. The van der Waals surface area contributed by atoms with Crippen LogP contribution in [0.3, 0.4) is 0 Å². The van der Waals surface area contributed by atoms with Crippen LogP contribution >= 0.6 is 11.8 Å². The Balaban J connectivity index is 1.74. The second kappa shape index (κ2) is 6.45. The van der Waals surface area contributed by atoms with Crippen LogP contribution in [0.15, 0.2) is 64.2 Å². The summed E-state index contributed by atoms with van der Waals surface area (Å²) in [6.07, 6.45) is -4.40. The maximum absolute atomic E-state index is 12.7. The van der Waals surface area contributed by atoms with Gasteiger partial charge in [-0.15, -0.1) is 10.2 Å². The minimum atomic E-state index is -4.40. The molecule has 0 bridgehead atoms. The summed E-state index contributed by atoms with van der Waals surface area (Å²) in [4.78, 5) is 0. The van der Waals surface area contributed by atoms with Crippen molar-refractivity contribution in [1.82, 2.24) is 10.2 Å². The second-order valence-electron chi connectivity index (χ2n) is 4.73. The summed E-state index contributed by atoms with van der Waals surface area (Å²) in [5.74, 6) is 0.720. The van der Waals surface area contributed by atoms with E-state index >= 15 is 0 Å². The highest BCUT2D eigenvalue weighted by Gasteiger charge is 2.30. The first-order chi connectivity index (χ1) is 11.0. The van der Waals surface area contributed by atoms with Crippen molar-refractivity contribution in [3.63, 3.8) is 0 Å². The van der Waals surface area contributed by atoms with Crippen molar-refractivity contribution in [2.45, 2.75) is 17.2 Å². The molecule has 23 heavy (non-hydrogen) atoms. The summed E-state index contributed by atoms with van der Waals surface area (Å²) in [7, 11) is 0. The molecule has 0 fully saturated rings. The first-order valence-corrected chi connectivity index (χ1v) is 7.69. The lowest BCUT2D eigenvalue weighted by molar-refractivity contribution is -0.137. The first kappa shape index (κ1) is 15.6. The van der Waals surface area contributed by atoms with E-state index in [1.807, 2.05) is 30.3 Å². The second-order valence-corrected chi connectivity index (χ2v) is 5.65. The minimum Gasteiger partial charge on any atom is -0.411 e. The highest BCUT2D eigenvalue weighted by atomic mass is 32.2. The lowest BCUT2D eigenvalue weighted by atomic mass is 10.1. The standard InChI is InChI=1S/C16H11F3N2OS/c17-16(18,19)13-8-4-7-12(9-13)14-20-21-15(22-14)23-10-11-5-2-1-3-6-11/h1-9H,10H2. The van der Waals surface area contributed by atoms with Crippen LogP contribution < -0.4 is 0 Å². The number of benzene rings is 2. The Morgan fingerprint density at radius 2 is 1.74 bits per heavy atom. The molecule has 0 spiro atoms. The highest BCUT2D eigenvalue weighted by Crippen LogP contribution is 2.32. The van der Waals surface area contributed by atoms with Crippen LogP contribution in [0.5, 0.6) is 0 Å². The van der Waals surface area contributed by atoms with Crippen LogP contribution in [0.25, 0.3) is 11.5 Å². The van der Waals surface area contributed by atoms with Gasteiger partial charge in [-0.25, -0.2) is 0 Å². The zero-order valence-corrected chi connectivity index (χ0v) is 12.6. The molecular formula is C16H11F3N2OS. The lowest BCUT2D eigenvalue weighted by Gasteiger charge is -2.06. The predicted molar refractivity (Wildman–Crippen MR) is 80.7 cm³/mol. The van der Waals surface area contributed by atoms with Crippen molar-refractivity contribution in [2.24, 2.45) is 0 Å². The Morgan fingerprint density at radius 3 is 2.48 bits per heavy atom. The third-order valence-corrected chi connectivity index (χ3v) is 3.94. The molecule has 0 aliphatic rings. The Labute approximate surface area is 134 Å². The van der Waals surface area contributed by atoms with Gasteiger partial charge < -0.3 is 4.42 Å². The third-order valence-electron chi connectivity index (χ3n) is 3.05. The number of nitrogens with zero attached hydrogens (tertiary/aromatic N) is 2. The summed E-state index contributed by atoms with van der Waals surface area (Å²) < 4.78 is 43.6. The SMILES string of the molecule is FC(F)(F)c1cccc(-c2nnc(SCc3ccccc3)o2)c1. The molecule has 3 aromatic rings. The number of halogens is 3. The molecule has 0 radical (unpaired) electrons. The maximum Gasteiger partial charge on any atom is 0.416 e. The Morgan fingerprint density at radius 1 is 0.957 bits per heavy atom. The van der Waals surface area contributed by atoms with E-state index < -0.39 is 11.7 Å². The topological polar surface area (TPSA) is 38.9 Å². The third kappa shape index (κ3) is 3.92. The van der Waals surface area contributed by atoms with Gasteiger partial charge in [0.05, 0.1) is 5.56 Å². The van der Waals surface area contributed by atoms with Gasteiger partial charge in [-0.05, 0) is 23.8 Å². The number of hydrogen-bond acceptors (Lipinski definition) is 4. The fraction of sp³-hybridized carbons (Fsp3) is 0.125. The molecule has 1 aromatic heterocycles. The zero-order valence-electron chi connectivity index (χ0n) is 11.7. The lowest BCUT2D eigenvalue weighted by Crippen LogP contribution is -2.04. The van der Waals surface area contributed by atoms with Gasteiger partial charge in [-0.3, -0.25) is 0 Å². The van der Waals surface area contributed by atoms with Gasteiger partial charge in [-0.1, -0.05) is 48.2 Å². The summed E-state index contributed by atoms with van der Waals surface area (Å²) >= 11 is 1.34. The first-order valence-electron chi connectivity index (χ1n) is 6.70. The van der Waals surface area contributed by atoms with Gasteiger partial charge in [0, 0.05) is 11.3 Å². The minimum absolute atomic E-state index is 0.0756. The van der Waals surface area contributed by atoms with Crippen molar-refractivity contribution in [3.05, 3.63) is 65.7 Å². The monoisotopic (exact) mass is 336 g/mol. The Hall–Kier alpha value is -2.28. The van der Waals surface area contributed by atoms with E-state index in [0.717, 1.165) is 17.7 Å². The molecule has 7 heteroatoms. The van der Waals surface area contributed by atoms with E-state index in [9.17, 15) is 13.2 Å². The molecule has 0 aliphatic heterocycles. The van der Waals surface area contributed by atoms with E-state index in [4.69, 9.17) is 4.42 Å². The Kier molecular flexibility index (Phi) is 4.38. The van der Waals surface area contributed by atoms with Gasteiger partial charge in [0.2, 0.25) is 5.89 Å². The number of alkyl halides is 3. The molecule has 3 rings (SSSR count). The quantitative estimate of drug-likeness (QED) is 0.625. The molecule has 2 aromatic carbocycles. The van der Waals surface area contributed by atoms with E-state index in [1.165, 1.54) is 23.9 Å². The summed E-state index contributed by atoms with van der Waals surface area (Å²) in [6, 6.07) is 14.5. The van der Waals surface area contributed by atoms with Crippen molar-refractivity contribution in [1.29, 1.82) is 0 Å². The van der Waals surface area contributed by atoms with Gasteiger partial charge >= 0.3 is 6.18 Å². The van der Waals surface area contributed by atoms with Gasteiger partial charge in [0.1, 0.15) is 0 Å². The fourth-order valence-electron chi connectivity index (χ4n) is 1.93. The van der Waals surface area contributed by atoms with Crippen molar-refractivity contribution in [3.8, 4) is 11.5 Å². The van der Waals surface area contributed by atoms with Gasteiger partial charge in [0.15, 0.2) is 0 Å². The van der Waals surface area contributed by atoms with E-state index in [2.05, 4.69) is 10.2 Å². The summed E-state index contributed by atoms with van der Waals surface area (Å²) in [5, 5.41) is 8.00. The van der Waals surface area contributed by atoms with Crippen LogP contribution in [-0.4, -0.2) is 10.2 Å². The molecular weight excluding hydrogens is 325 g/mol. The summed E-state index contributed by atoms with van der Waals surface area (Å²) in [5.41, 5.74) is 0.599. The predicted octanol–water partition coefficient (Wildman–Crippen LogP) is 5.05. The fourth-order valence-corrected chi connectivity index (χ4v) is 2.65. The zero-order chi connectivity index (χ0) is 16.3. The Bertz CT molecular complexity index is 787. The van der Waals surface area contributed by atoms with Gasteiger partial charge in [-0.2, -0.15) is 13.2 Å². The normalized spacial score (nSPS) is 11.6. The van der Waals surface area contributed by atoms with E-state index in [1.54, 1.807) is 0 Å². The molecule has 1 heterocycles. The van der Waals surface area contributed by atoms with Gasteiger partial charge in [0.25, 0.3) is 5.22 Å². The van der Waals surface area contributed by atoms with Crippen LogP contribution in [0.4, 0.5) is 13.2 Å². The molecule has 118 valence electrons. The maximum atomic E-state index is 12.7. The number of aromatic nitrogens is 2. The number of rotatable bonds is 4. The average Bonchev–Trinajstić information content (AvgIpc) is 3.02. The summed E-state index contributed by atoms with van der Waals surface area (Å²) in [6.45, 7) is 0. The van der Waals surface area contributed by atoms with Crippen molar-refractivity contribution >= 4 is 11.8 Å². The molecule has 0 saturated heterocycles. The van der Waals surface area contributed by atoms with Crippen molar-refractivity contribution in [2.75, 3.05) is 0 Å². The van der Waals surface area contributed by atoms with Crippen LogP contribution in [0.1, 0.15) is 11.1 Å². The van der Waals surface area contributed by atoms with E-state index in [0.29, 0.717) is 11.0 Å². The average molecular weight is 336 g/mol. The number of hydrogen-bond donors (Lipinski definition) is 0. The van der Waals surface area contributed by atoms with Crippen LogP contribution in [0.2, 0.25) is 0 Å². The van der Waals surface area contributed by atoms with Crippen molar-refractivity contribution < 1.29 is 17.6 Å². The molecule has 0 atom stereocenters. The molecule has 0 aliphatic carbocycles. The smallest absolute Gasteiger partial charge is 0.411 e. The molecule has 0 unspecified atom stereocenters. The highest BCUT2D eigenvalue weighted by molar-refractivity contribution is 7.98. The van der Waals surface area contributed by atoms with Crippen LogP contribution in [-0.2, 0) is 11.9 Å². The molecule has 3 nitrogen and oxygen atoms in total. The molecule has 0 amide bonds.